The summed E-state index contributed by atoms with van der Waals surface area (Å²) >= 11 is 0. The van der Waals surface area contributed by atoms with Crippen LogP contribution in [0.4, 0.5) is 0 Å². The summed E-state index contributed by atoms with van der Waals surface area (Å²) in [4.78, 5) is 46.1. The molecule has 5 atom stereocenters. The molecule has 0 aliphatic carbocycles. The van der Waals surface area contributed by atoms with Crippen LogP contribution in [0.25, 0.3) is 0 Å². The van der Waals surface area contributed by atoms with Crippen LogP contribution in [-0.2, 0) is 42.2 Å². The van der Waals surface area contributed by atoms with Crippen LogP contribution in [0, 0.1) is 0 Å². The number of hydrogen-bond donors (Lipinski definition) is 3. The van der Waals surface area contributed by atoms with Gasteiger partial charge in [0.15, 0.2) is 6.10 Å². The van der Waals surface area contributed by atoms with Gasteiger partial charge in [0, 0.05) is 12.8 Å². The number of esters is 2. The van der Waals surface area contributed by atoms with Gasteiger partial charge in [-0.25, -0.2) is 4.57 Å². The van der Waals surface area contributed by atoms with Gasteiger partial charge < -0.3 is 29.9 Å². The molecule has 0 amide bonds. The maximum atomic E-state index is 12.7. The number of carboxylic acid groups (broad SMARTS) is 1. The van der Waals surface area contributed by atoms with Crippen LogP contribution in [0.15, 0.2) is 85.1 Å². The molecule has 334 valence electrons. The van der Waals surface area contributed by atoms with E-state index in [9.17, 15) is 23.8 Å². The lowest BCUT2D eigenvalue weighted by Crippen LogP contribution is -2.34. The summed E-state index contributed by atoms with van der Waals surface area (Å²) in [7, 11) is -4.76. The summed E-state index contributed by atoms with van der Waals surface area (Å²) in [5.41, 5.74) is 5.33. The van der Waals surface area contributed by atoms with Gasteiger partial charge in [0.05, 0.1) is 25.4 Å². The zero-order valence-corrected chi connectivity index (χ0v) is 36.6. The standard InChI is InChI=1S/C46H74NO11P/c1-3-5-7-9-11-13-15-17-18-19-20-21-23-25-27-29-31-35-44(48)54-37-40(38-55-59(52,53)56-39-41(47)46(50)51)57-45(49)36-32-34-43-42(58-43)33-30-28-26-24-22-16-14-12-10-8-6-4-2/h11-14,17-18,20-22,24-25,27-28,30,40-43H,3-10,15-16,19,23,26,29,31-39,47H2,1-2H3,(H,50,51)(H,52,53)/b13-11-,14-12-,18-17-,21-20-,24-22-,27-25-,30-28-/t40-,41+,42?,43?/m1/s1. The van der Waals surface area contributed by atoms with Crippen LogP contribution in [-0.4, -0.2) is 72.1 Å². The second kappa shape index (κ2) is 36.5. The van der Waals surface area contributed by atoms with Crippen molar-refractivity contribution in [2.24, 2.45) is 5.73 Å². The number of rotatable bonds is 38. The fourth-order valence-electron chi connectivity index (χ4n) is 5.50. The zero-order valence-electron chi connectivity index (χ0n) is 35.7. The monoisotopic (exact) mass is 847 g/mol. The molecule has 0 aromatic carbocycles. The van der Waals surface area contributed by atoms with Crippen LogP contribution in [0.5, 0.6) is 0 Å². The molecule has 3 unspecified atom stereocenters. The van der Waals surface area contributed by atoms with Crippen LogP contribution >= 0.6 is 7.82 Å². The zero-order chi connectivity index (χ0) is 43.2. The lowest BCUT2D eigenvalue weighted by Gasteiger charge is -2.20. The summed E-state index contributed by atoms with van der Waals surface area (Å²) in [5, 5.41) is 8.90. The Hall–Kier alpha value is -3.38. The Morgan fingerprint density at radius 3 is 1.63 bits per heavy atom. The molecule has 0 aromatic rings. The van der Waals surface area contributed by atoms with E-state index in [-0.39, 0.29) is 25.0 Å². The molecule has 1 fully saturated rings. The third kappa shape index (κ3) is 34.1. The van der Waals surface area contributed by atoms with Gasteiger partial charge in [-0.2, -0.15) is 0 Å². The number of phosphoric ester groups is 1. The lowest BCUT2D eigenvalue weighted by atomic mass is 10.1. The largest absolute Gasteiger partial charge is 0.480 e. The average molecular weight is 848 g/mol. The number of hydrogen-bond acceptors (Lipinski definition) is 10. The van der Waals surface area contributed by atoms with Crippen molar-refractivity contribution in [3.63, 3.8) is 0 Å². The fourth-order valence-corrected chi connectivity index (χ4v) is 6.27. The molecule has 0 spiro atoms. The molecule has 13 heteroatoms. The third-order valence-electron chi connectivity index (χ3n) is 9.04. The highest BCUT2D eigenvalue weighted by Crippen LogP contribution is 2.43. The van der Waals surface area contributed by atoms with Gasteiger partial charge in [-0.05, 0) is 89.9 Å². The number of carboxylic acids is 1. The number of unbranched alkanes of at least 4 members (excludes halogenated alkanes) is 7. The van der Waals surface area contributed by atoms with E-state index in [1.54, 1.807) is 0 Å². The maximum absolute atomic E-state index is 12.7. The molecule has 0 aromatic heterocycles. The number of phosphoric acid groups is 1. The van der Waals surface area contributed by atoms with Crippen LogP contribution in [0.3, 0.4) is 0 Å². The van der Waals surface area contributed by atoms with Gasteiger partial charge in [-0.3, -0.25) is 23.4 Å². The second-order valence-corrected chi connectivity index (χ2v) is 16.0. The van der Waals surface area contributed by atoms with Gasteiger partial charge >= 0.3 is 25.7 Å². The van der Waals surface area contributed by atoms with Crippen molar-refractivity contribution in [3.8, 4) is 0 Å². The van der Waals surface area contributed by atoms with Gasteiger partial charge in [-0.15, -0.1) is 0 Å². The number of carbonyl (C=O) groups excluding carboxylic acids is 2. The van der Waals surface area contributed by atoms with Gasteiger partial charge in [0.2, 0.25) is 0 Å². The van der Waals surface area contributed by atoms with E-state index < -0.39 is 57.7 Å². The van der Waals surface area contributed by atoms with Crippen molar-refractivity contribution in [1.82, 2.24) is 0 Å². The lowest BCUT2D eigenvalue weighted by molar-refractivity contribution is -0.161. The average Bonchev–Trinajstić information content (AvgIpc) is 3.97. The molecular weight excluding hydrogens is 773 g/mol. The van der Waals surface area contributed by atoms with E-state index in [0.717, 1.165) is 51.4 Å². The van der Waals surface area contributed by atoms with E-state index in [1.807, 2.05) is 12.2 Å². The Bertz CT molecular complexity index is 1390. The Kier molecular flexibility index (Phi) is 33.2. The molecule has 0 radical (unpaired) electrons. The highest BCUT2D eigenvalue weighted by molar-refractivity contribution is 7.47. The first kappa shape index (κ1) is 53.6. The quantitative estimate of drug-likeness (QED) is 0.0176. The summed E-state index contributed by atoms with van der Waals surface area (Å²) in [6.07, 6.45) is 46.7. The molecule has 1 heterocycles. The van der Waals surface area contributed by atoms with E-state index in [4.69, 9.17) is 29.6 Å². The normalized spacial score (nSPS) is 18.0. The van der Waals surface area contributed by atoms with Crippen molar-refractivity contribution in [1.29, 1.82) is 0 Å². The summed E-state index contributed by atoms with van der Waals surface area (Å²) in [6, 6.07) is -1.55. The van der Waals surface area contributed by atoms with Gasteiger partial charge in [0.25, 0.3) is 0 Å². The van der Waals surface area contributed by atoms with Crippen LogP contribution in [0.2, 0.25) is 0 Å². The highest BCUT2D eigenvalue weighted by Gasteiger charge is 2.37. The Morgan fingerprint density at radius 1 is 0.627 bits per heavy atom. The van der Waals surface area contributed by atoms with E-state index in [2.05, 4.69) is 91.3 Å². The van der Waals surface area contributed by atoms with Gasteiger partial charge in [-0.1, -0.05) is 125 Å². The van der Waals surface area contributed by atoms with Crippen LogP contribution in [0.1, 0.15) is 142 Å². The molecule has 1 aliphatic rings. The fraction of sp³-hybridized carbons (Fsp3) is 0.630. The van der Waals surface area contributed by atoms with E-state index >= 15 is 0 Å². The van der Waals surface area contributed by atoms with Crippen LogP contribution < -0.4 is 5.73 Å². The molecule has 1 rings (SSSR count). The predicted molar refractivity (Wildman–Crippen MR) is 235 cm³/mol. The first-order valence-electron chi connectivity index (χ1n) is 21.7. The summed E-state index contributed by atoms with van der Waals surface area (Å²) in [5.74, 6) is -2.55. The van der Waals surface area contributed by atoms with E-state index in [1.165, 1.54) is 38.5 Å². The first-order chi connectivity index (χ1) is 28.6. The molecule has 0 bridgehead atoms. The minimum Gasteiger partial charge on any atom is -0.480 e. The molecule has 1 saturated heterocycles. The smallest absolute Gasteiger partial charge is 0.472 e. The van der Waals surface area contributed by atoms with Crippen molar-refractivity contribution < 1.29 is 52.2 Å². The molecule has 1 aliphatic heterocycles. The minimum absolute atomic E-state index is 0.0561. The third-order valence-corrected chi connectivity index (χ3v) is 9.99. The predicted octanol–water partition coefficient (Wildman–Crippen LogP) is 10.5. The summed E-state index contributed by atoms with van der Waals surface area (Å²) < 4.78 is 38.4. The Labute approximate surface area is 354 Å². The van der Waals surface area contributed by atoms with Crippen molar-refractivity contribution in [2.45, 2.75) is 167 Å². The summed E-state index contributed by atoms with van der Waals surface area (Å²) in [6.45, 7) is 2.59. The number of aliphatic carboxylic acids is 1. The maximum Gasteiger partial charge on any atom is 0.472 e. The minimum atomic E-state index is -4.76. The SMILES string of the molecule is CCCCC/C=C\C/C=C\C/C=C\C/C=C\CCCC(=O)OC[C@H](COP(=O)(O)OC[C@H](N)C(=O)O)OC(=O)CCCC1OC1C/C=C\C/C=C\C/C=C\CCCCC. The van der Waals surface area contributed by atoms with Crippen molar-refractivity contribution >= 4 is 25.7 Å². The second-order valence-electron chi connectivity index (χ2n) is 14.5. The number of ether oxygens (including phenoxy) is 3. The van der Waals surface area contributed by atoms with E-state index in [0.29, 0.717) is 25.7 Å². The topological polar surface area (TPSA) is 184 Å². The molecule has 0 saturated carbocycles. The molecule has 12 nitrogen and oxygen atoms in total. The highest BCUT2D eigenvalue weighted by atomic mass is 31.2. The first-order valence-corrected chi connectivity index (χ1v) is 23.2. The number of nitrogens with two attached hydrogens (primary N) is 1. The van der Waals surface area contributed by atoms with Crippen molar-refractivity contribution in [2.75, 3.05) is 19.8 Å². The molecular formula is C46H74NO11P. The number of allylic oxidation sites excluding steroid dienone is 13. The molecule has 59 heavy (non-hydrogen) atoms. The molecule has 4 N–H and O–H groups in total. The Morgan fingerprint density at radius 2 is 1.10 bits per heavy atom. The number of epoxide rings is 1. The van der Waals surface area contributed by atoms with Gasteiger partial charge in [0.1, 0.15) is 12.6 Å². The van der Waals surface area contributed by atoms with Crippen molar-refractivity contribution in [3.05, 3.63) is 85.1 Å². The number of carbonyl (C=O) groups is 3. The Balaban J connectivity index is 2.40.